The summed E-state index contributed by atoms with van der Waals surface area (Å²) in [5.41, 5.74) is 0.971. The minimum atomic E-state index is -4.20. The van der Waals surface area contributed by atoms with Crippen LogP contribution in [0.2, 0.25) is 0 Å². The Hall–Kier alpha value is -1.30. The van der Waals surface area contributed by atoms with E-state index < -0.39 is 22.4 Å². The molecule has 0 atom stereocenters. The van der Waals surface area contributed by atoms with Crippen molar-refractivity contribution in [3.05, 3.63) is 42.0 Å². The summed E-state index contributed by atoms with van der Waals surface area (Å²) in [6.07, 6.45) is -2.15. The number of halogens is 3. The molecule has 0 saturated heterocycles. The maximum Gasteiger partial charge on any atom is 0.392 e. The van der Waals surface area contributed by atoms with E-state index in [9.17, 15) is 21.6 Å². The lowest BCUT2D eigenvalue weighted by Gasteiger charge is -2.04. The first kappa shape index (κ1) is 16.8. The molecule has 112 valence electrons. The Bertz CT molecular complexity index is 543. The molecule has 0 radical (unpaired) electrons. The number of benzene rings is 1. The highest BCUT2D eigenvalue weighted by atomic mass is 32.2. The van der Waals surface area contributed by atoms with E-state index in [2.05, 4.69) is 0 Å². The van der Waals surface area contributed by atoms with E-state index >= 15 is 0 Å². The number of alkyl halides is 3. The molecule has 0 heterocycles. The smallest absolute Gasteiger partial charge is 0.224 e. The van der Waals surface area contributed by atoms with Gasteiger partial charge < -0.3 is 0 Å². The largest absolute Gasteiger partial charge is 0.392 e. The normalized spacial score (nSPS) is 13.0. The van der Waals surface area contributed by atoms with Crippen molar-refractivity contribution in [2.45, 2.75) is 37.3 Å². The van der Waals surface area contributed by atoms with E-state index in [0.29, 0.717) is 12.8 Å². The Labute approximate surface area is 117 Å². The highest BCUT2D eigenvalue weighted by molar-refractivity contribution is 7.91. The molecule has 0 spiro atoms. The standard InChI is InChI=1S/C14H17F3O2S/c1-12-6-8-13(9-7-12)20(18,19)11-5-3-2-4-10-14(15,16)17/h2,4,6-9H,3,5,10-11H2,1H3/b4-2+. The minimum Gasteiger partial charge on any atom is -0.224 e. The first-order valence-electron chi connectivity index (χ1n) is 6.22. The Morgan fingerprint density at radius 1 is 1.10 bits per heavy atom. The van der Waals surface area contributed by atoms with Gasteiger partial charge in [-0.25, -0.2) is 8.42 Å². The van der Waals surface area contributed by atoms with Crippen LogP contribution in [0.25, 0.3) is 0 Å². The molecular weight excluding hydrogens is 289 g/mol. The number of sulfone groups is 1. The monoisotopic (exact) mass is 306 g/mol. The molecule has 0 bridgehead atoms. The summed E-state index contributed by atoms with van der Waals surface area (Å²) in [6, 6.07) is 6.53. The van der Waals surface area contributed by atoms with Crippen LogP contribution in [0.15, 0.2) is 41.3 Å². The van der Waals surface area contributed by atoms with Gasteiger partial charge in [-0.2, -0.15) is 13.2 Å². The molecule has 0 fully saturated rings. The van der Waals surface area contributed by atoms with Gasteiger partial charge in [-0.3, -0.25) is 0 Å². The Morgan fingerprint density at radius 2 is 1.70 bits per heavy atom. The quantitative estimate of drug-likeness (QED) is 0.587. The molecule has 0 aromatic heterocycles. The van der Waals surface area contributed by atoms with E-state index in [1.807, 2.05) is 6.92 Å². The summed E-state index contributed by atoms with van der Waals surface area (Å²) in [5, 5.41) is 0. The van der Waals surface area contributed by atoms with E-state index in [-0.39, 0.29) is 10.6 Å². The lowest BCUT2D eigenvalue weighted by molar-refractivity contribution is -0.125. The third kappa shape index (κ3) is 6.23. The van der Waals surface area contributed by atoms with Gasteiger partial charge in [-0.15, -0.1) is 0 Å². The summed E-state index contributed by atoms with van der Waals surface area (Å²) in [4.78, 5) is 0.252. The molecule has 1 rings (SSSR count). The fourth-order valence-corrected chi connectivity index (χ4v) is 2.92. The molecule has 2 nitrogen and oxygen atoms in total. The molecule has 0 aliphatic rings. The van der Waals surface area contributed by atoms with Crippen molar-refractivity contribution in [3.63, 3.8) is 0 Å². The van der Waals surface area contributed by atoms with Gasteiger partial charge in [-0.05, 0) is 31.9 Å². The van der Waals surface area contributed by atoms with Gasteiger partial charge in [0.15, 0.2) is 9.84 Å². The number of unbranched alkanes of at least 4 members (excludes halogenated alkanes) is 1. The number of hydrogen-bond acceptors (Lipinski definition) is 2. The van der Waals surface area contributed by atoms with Crippen molar-refractivity contribution >= 4 is 9.84 Å². The molecule has 1 aromatic rings. The summed E-state index contributed by atoms with van der Waals surface area (Å²) >= 11 is 0. The summed E-state index contributed by atoms with van der Waals surface area (Å²) in [5.74, 6) is -0.0631. The molecular formula is C14H17F3O2S. The Morgan fingerprint density at radius 3 is 2.25 bits per heavy atom. The average Bonchev–Trinajstić information content (AvgIpc) is 2.33. The molecule has 0 saturated carbocycles. The third-order valence-corrected chi connectivity index (χ3v) is 4.50. The fraction of sp³-hybridized carbons (Fsp3) is 0.429. The fourth-order valence-electron chi connectivity index (χ4n) is 1.59. The minimum absolute atomic E-state index is 0.0631. The zero-order chi connectivity index (χ0) is 15.2. The summed E-state index contributed by atoms with van der Waals surface area (Å²) in [7, 11) is -3.35. The van der Waals surface area contributed by atoms with E-state index in [1.54, 1.807) is 24.3 Å². The van der Waals surface area contributed by atoms with Gasteiger partial charge in [0.05, 0.1) is 17.1 Å². The zero-order valence-electron chi connectivity index (χ0n) is 11.2. The van der Waals surface area contributed by atoms with Crippen LogP contribution in [0.4, 0.5) is 13.2 Å². The van der Waals surface area contributed by atoms with Crippen LogP contribution in [0.3, 0.4) is 0 Å². The van der Waals surface area contributed by atoms with Gasteiger partial charge in [0.25, 0.3) is 0 Å². The van der Waals surface area contributed by atoms with Gasteiger partial charge in [0.2, 0.25) is 0 Å². The number of aryl methyl sites for hydroxylation is 1. The van der Waals surface area contributed by atoms with Crippen molar-refractivity contribution in [1.82, 2.24) is 0 Å². The van der Waals surface area contributed by atoms with E-state index in [4.69, 9.17) is 0 Å². The molecule has 1 aromatic carbocycles. The van der Waals surface area contributed by atoms with Gasteiger partial charge in [0, 0.05) is 0 Å². The summed E-state index contributed by atoms with van der Waals surface area (Å²) in [6.45, 7) is 1.86. The van der Waals surface area contributed by atoms with Gasteiger partial charge in [-0.1, -0.05) is 29.8 Å². The van der Waals surface area contributed by atoms with Gasteiger partial charge in [0.1, 0.15) is 0 Å². The number of hydrogen-bond donors (Lipinski definition) is 0. The molecule has 0 unspecified atom stereocenters. The van der Waals surface area contributed by atoms with E-state index in [0.717, 1.165) is 11.6 Å². The van der Waals surface area contributed by atoms with Crippen molar-refractivity contribution in [2.24, 2.45) is 0 Å². The van der Waals surface area contributed by atoms with Crippen molar-refractivity contribution in [1.29, 1.82) is 0 Å². The molecule has 6 heteroatoms. The first-order valence-corrected chi connectivity index (χ1v) is 7.87. The van der Waals surface area contributed by atoms with Crippen LogP contribution >= 0.6 is 0 Å². The maximum absolute atomic E-state index is 11.9. The highest BCUT2D eigenvalue weighted by Crippen LogP contribution is 2.20. The number of rotatable bonds is 6. The predicted molar refractivity (Wildman–Crippen MR) is 72.3 cm³/mol. The molecule has 0 N–H and O–H groups in total. The second-order valence-corrected chi connectivity index (χ2v) is 6.67. The predicted octanol–water partition coefficient (Wildman–Crippen LogP) is 4.06. The van der Waals surface area contributed by atoms with E-state index in [1.165, 1.54) is 6.08 Å². The summed E-state index contributed by atoms with van der Waals surface area (Å²) < 4.78 is 59.4. The van der Waals surface area contributed by atoms with Crippen LogP contribution in [-0.4, -0.2) is 20.3 Å². The molecule has 0 amide bonds. The maximum atomic E-state index is 11.9. The molecule has 20 heavy (non-hydrogen) atoms. The highest BCUT2D eigenvalue weighted by Gasteiger charge is 2.24. The first-order chi connectivity index (χ1) is 9.21. The van der Waals surface area contributed by atoms with Crippen LogP contribution in [0, 0.1) is 6.92 Å². The molecule has 0 aliphatic carbocycles. The lowest BCUT2D eigenvalue weighted by atomic mass is 10.2. The van der Waals surface area contributed by atoms with Crippen LogP contribution in [0.5, 0.6) is 0 Å². The SMILES string of the molecule is Cc1ccc(S(=O)(=O)CCC/C=C/CC(F)(F)F)cc1. The third-order valence-electron chi connectivity index (χ3n) is 2.68. The molecule has 0 aliphatic heterocycles. The van der Waals surface area contributed by atoms with Crippen molar-refractivity contribution < 1.29 is 21.6 Å². The van der Waals surface area contributed by atoms with Crippen molar-refractivity contribution in [3.8, 4) is 0 Å². The average molecular weight is 306 g/mol. The number of allylic oxidation sites excluding steroid dienone is 2. The van der Waals surface area contributed by atoms with Crippen LogP contribution in [0.1, 0.15) is 24.8 Å². The second-order valence-electron chi connectivity index (χ2n) is 4.56. The topological polar surface area (TPSA) is 34.1 Å². The Balaban J connectivity index is 2.43. The van der Waals surface area contributed by atoms with Crippen LogP contribution in [-0.2, 0) is 9.84 Å². The van der Waals surface area contributed by atoms with Crippen molar-refractivity contribution in [2.75, 3.05) is 5.75 Å². The van der Waals surface area contributed by atoms with Crippen LogP contribution < -0.4 is 0 Å². The second kappa shape index (κ2) is 6.92. The Kier molecular flexibility index (Phi) is 5.80. The lowest BCUT2D eigenvalue weighted by Crippen LogP contribution is -2.06. The zero-order valence-corrected chi connectivity index (χ0v) is 12.0. The van der Waals surface area contributed by atoms with Gasteiger partial charge >= 0.3 is 6.18 Å².